The first-order chi connectivity index (χ1) is 9.53. The van der Waals surface area contributed by atoms with Gasteiger partial charge in [-0.2, -0.15) is 0 Å². The lowest BCUT2D eigenvalue weighted by Crippen LogP contribution is -2.51. The fourth-order valence-electron chi connectivity index (χ4n) is 3.18. The summed E-state index contributed by atoms with van der Waals surface area (Å²) < 4.78 is 0.826. The molecule has 2 N–H and O–H groups in total. The number of carbonyl (C=O) groups is 1. The van der Waals surface area contributed by atoms with E-state index in [0.29, 0.717) is 11.3 Å². The van der Waals surface area contributed by atoms with Crippen molar-refractivity contribution < 1.29 is 9.90 Å². The summed E-state index contributed by atoms with van der Waals surface area (Å²) in [6, 6.07) is 3.86. The maximum Gasteiger partial charge on any atom is 0.277 e. The highest BCUT2D eigenvalue weighted by Crippen LogP contribution is 2.43. The van der Waals surface area contributed by atoms with E-state index in [1.54, 1.807) is 0 Å². The Morgan fingerprint density at radius 3 is 2.55 bits per heavy atom. The highest BCUT2D eigenvalue weighted by atomic mass is 79.9. The topological polar surface area (TPSA) is 52.6 Å². The number of fused-ring (bicyclic) bond motifs is 1. The Morgan fingerprint density at radius 2 is 1.90 bits per heavy atom. The molecule has 2 aliphatic heterocycles. The molecule has 0 aromatic heterocycles. The molecule has 0 radical (unpaired) electrons. The van der Waals surface area contributed by atoms with Crippen molar-refractivity contribution >= 4 is 27.5 Å². The van der Waals surface area contributed by atoms with Crippen molar-refractivity contribution in [2.45, 2.75) is 38.3 Å². The molecule has 5 heteroatoms. The van der Waals surface area contributed by atoms with Crippen molar-refractivity contribution in [1.82, 2.24) is 4.90 Å². The first kappa shape index (κ1) is 14.0. The number of aliphatic hydroxyl groups is 1. The fourth-order valence-corrected chi connectivity index (χ4v) is 3.85. The lowest BCUT2D eigenvalue weighted by atomic mass is 10.00. The van der Waals surface area contributed by atoms with E-state index in [1.165, 1.54) is 12.8 Å². The van der Waals surface area contributed by atoms with Crippen LogP contribution in [-0.4, -0.2) is 29.0 Å². The number of likely N-dealkylation sites (tertiary alicyclic amines) is 1. The molecule has 2 aliphatic rings. The monoisotopic (exact) mass is 338 g/mol. The average Bonchev–Trinajstić information content (AvgIpc) is 2.63. The second-order valence-corrected chi connectivity index (χ2v) is 6.55. The van der Waals surface area contributed by atoms with Gasteiger partial charge in [0.15, 0.2) is 0 Å². The Hall–Kier alpha value is -0.910. The summed E-state index contributed by atoms with van der Waals surface area (Å²) in [6.45, 7) is 3.49. The summed E-state index contributed by atoms with van der Waals surface area (Å²) in [4.78, 5) is 14.3. The number of anilines is 1. The highest BCUT2D eigenvalue weighted by Gasteiger charge is 2.50. The third kappa shape index (κ3) is 2.08. The van der Waals surface area contributed by atoms with E-state index >= 15 is 0 Å². The molecule has 1 saturated heterocycles. The Balaban J connectivity index is 2.07. The zero-order valence-corrected chi connectivity index (χ0v) is 13.2. The number of nitrogens with zero attached hydrogens (tertiary/aromatic N) is 1. The predicted molar refractivity (Wildman–Crippen MR) is 81.4 cm³/mol. The van der Waals surface area contributed by atoms with Gasteiger partial charge in [-0.1, -0.05) is 12.8 Å². The molecule has 20 heavy (non-hydrogen) atoms. The van der Waals surface area contributed by atoms with Crippen LogP contribution in [0.5, 0.6) is 0 Å². The molecule has 0 saturated carbocycles. The molecule has 1 aromatic rings. The van der Waals surface area contributed by atoms with Crippen molar-refractivity contribution in [1.29, 1.82) is 0 Å². The quantitative estimate of drug-likeness (QED) is 0.827. The molecule has 1 amide bonds. The normalized spacial score (nSPS) is 27.1. The number of benzene rings is 1. The van der Waals surface area contributed by atoms with Gasteiger partial charge in [-0.25, -0.2) is 0 Å². The second kappa shape index (κ2) is 5.13. The van der Waals surface area contributed by atoms with Crippen LogP contribution in [0.15, 0.2) is 16.6 Å². The number of carbonyl (C=O) groups excluding carboxylic acids is 1. The number of rotatable bonds is 1. The first-order valence-corrected chi connectivity index (χ1v) is 7.92. The molecule has 4 nitrogen and oxygen atoms in total. The van der Waals surface area contributed by atoms with Gasteiger partial charge in [-0.3, -0.25) is 9.69 Å². The van der Waals surface area contributed by atoms with E-state index in [1.807, 2.05) is 24.0 Å². The zero-order chi connectivity index (χ0) is 14.3. The standard InChI is InChI=1S/C15H19BrN2O2/c1-10-8-11-13(12(16)9-10)17-14(19)15(11,20)18-6-4-2-3-5-7-18/h8-9,20H,2-7H2,1H3,(H,17,19)/t15-/m0/s1. The van der Waals surface area contributed by atoms with Gasteiger partial charge in [0.2, 0.25) is 5.72 Å². The van der Waals surface area contributed by atoms with Crippen LogP contribution in [-0.2, 0) is 10.5 Å². The van der Waals surface area contributed by atoms with Crippen molar-refractivity contribution in [3.05, 3.63) is 27.7 Å². The first-order valence-electron chi connectivity index (χ1n) is 7.13. The molecule has 1 fully saturated rings. The van der Waals surface area contributed by atoms with Gasteiger partial charge in [-0.15, -0.1) is 0 Å². The molecular formula is C15H19BrN2O2. The summed E-state index contributed by atoms with van der Waals surface area (Å²) in [6.07, 6.45) is 4.38. The summed E-state index contributed by atoms with van der Waals surface area (Å²) in [5.41, 5.74) is 0.887. The zero-order valence-electron chi connectivity index (χ0n) is 11.6. The van der Waals surface area contributed by atoms with Crippen LogP contribution >= 0.6 is 15.9 Å². The van der Waals surface area contributed by atoms with Crippen LogP contribution in [0, 0.1) is 6.92 Å². The molecule has 2 heterocycles. The molecule has 0 unspecified atom stereocenters. The van der Waals surface area contributed by atoms with Crippen molar-refractivity contribution in [2.75, 3.05) is 18.4 Å². The highest BCUT2D eigenvalue weighted by molar-refractivity contribution is 9.10. The molecule has 0 bridgehead atoms. The van der Waals surface area contributed by atoms with Gasteiger partial charge in [-0.05, 0) is 53.4 Å². The molecule has 0 spiro atoms. The SMILES string of the molecule is Cc1cc(Br)c2c(c1)[C@@](O)(N1CCCCCC1)C(=O)N2. The van der Waals surface area contributed by atoms with Crippen molar-refractivity contribution in [3.8, 4) is 0 Å². The molecule has 1 aromatic carbocycles. The Labute approximate surface area is 127 Å². The second-order valence-electron chi connectivity index (χ2n) is 5.70. The van der Waals surface area contributed by atoms with E-state index in [4.69, 9.17) is 0 Å². The Morgan fingerprint density at radius 1 is 1.25 bits per heavy atom. The largest absolute Gasteiger partial charge is 0.364 e. The molecular weight excluding hydrogens is 320 g/mol. The third-order valence-corrected chi connectivity index (χ3v) is 4.85. The van der Waals surface area contributed by atoms with E-state index in [9.17, 15) is 9.90 Å². The van der Waals surface area contributed by atoms with Crippen LogP contribution < -0.4 is 5.32 Å². The van der Waals surface area contributed by atoms with Crippen molar-refractivity contribution in [2.24, 2.45) is 0 Å². The van der Waals surface area contributed by atoms with Gasteiger partial charge >= 0.3 is 0 Å². The van der Waals surface area contributed by atoms with E-state index in [0.717, 1.165) is 36.0 Å². The predicted octanol–water partition coefficient (Wildman–Crippen LogP) is 2.73. The number of nitrogens with one attached hydrogen (secondary N) is 1. The van der Waals surface area contributed by atoms with Gasteiger partial charge < -0.3 is 10.4 Å². The summed E-state index contributed by atoms with van der Waals surface area (Å²) >= 11 is 3.47. The lowest BCUT2D eigenvalue weighted by molar-refractivity contribution is -0.158. The van der Waals surface area contributed by atoms with Crippen LogP contribution in [0.25, 0.3) is 0 Å². The maximum absolute atomic E-state index is 12.4. The Bertz CT molecular complexity index is 553. The number of aryl methyl sites for hydroxylation is 1. The van der Waals surface area contributed by atoms with Crippen molar-refractivity contribution in [3.63, 3.8) is 0 Å². The van der Waals surface area contributed by atoms with E-state index in [-0.39, 0.29) is 5.91 Å². The van der Waals surface area contributed by atoms with Crippen LogP contribution in [0.3, 0.4) is 0 Å². The van der Waals surface area contributed by atoms with Gasteiger partial charge in [0, 0.05) is 23.1 Å². The van der Waals surface area contributed by atoms with Crippen LogP contribution in [0.1, 0.15) is 36.8 Å². The maximum atomic E-state index is 12.4. The van der Waals surface area contributed by atoms with Gasteiger partial charge in [0.1, 0.15) is 0 Å². The minimum absolute atomic E-state index is 0.333. The van der Waals surface area contributed by atoms with Crippen LogP contribution in [0.4, 0.5) is 5.69 Å². The third-order valence-electron chi connectivity index (χ3n) is 4.23. The molecule has 1 atom stereocenters. The minimum atomic E-state index is -1.52. The summed E-state index contributed by atoms with van der Waals surface area (Å²) in [7, 11) is 0. The van der Waals surface area contributed by atoms with Gasteiger partial charge in [0.05, 0.1) is 5.69 Å². The van der Waals surface area contributed by atoms with E-state index in [2.05, 4.69) is 21.2 Å². The summed E-state index contributed by atoms with van der Waals surface area (Å²) in [5, 5.41) is 13.9. The number of hydrogen-bond donors (Lipinski definition) is 2. The molecule has 3 rings (SSSR count). The minimum Gasteiger partial charge on any atom is -0.364 e. The number of amides is 1. The Kier molecular flexibility index (Phi) is 3.60. The average molecular weight is 339 g/mol. The number of halogens is 1. The number of hydrogen-bond acceptors (Lipinski definition) is 3. The van der Waals surface area contributed by atoms with Crippen LogP contribution in [0.2, 0.25) is 0 Å². The molecule has 0 aliphatic carbocycles. The summed E-state index contributed by atoms with van der Waals surface area (Å²) in [5.74, 6) is -0.333. The van der Waals surface area contributed by atoms with Gasteiger partial charge in [0.25, 0.3) is 5.91 Å². The lowest BCUT2D eigenvalue weighted by Gasteiger charge is -2.34. The fraction of sp³-hybridized carbons (Fsp3) is 0.533. The molecule has 108 valence electrons. The van der Waals surface area contributed by atoms with E-state index < -0.39 is 5.72 Å². The smallest absolute Gasteiger partial charge is 0.277 e.